The van der Waals surface area contributed by atoms with Gasteiger partial charge in [0.2, 0.25) is 0 Å². The predicted octanol–water partition coefficient (Wildman–Crippen LogP) is 1.91. The highest BCUT2D eigenvalue weighted by Gasteiger charge is 2.28. The zero-order chi connectivity index (χ0) is 16.6. The third kappa shape index (κ3) is 3.19. The van der Waals surface area contributed by atoms with E-state index < -0.39 is 9.84 Å². The van der Waals surface area contributed by atoms with Gasteiger partial charge >= 0.3 is 0 Å². The Kier molecular flexibility index (Phi) is 4.06. The third-order valence-corrected chi connectivity index (χ3v) is 6.06. The van der Waals surface area contributed by atoms with Gasteiger partial charge in [-0.3, -0.25) is 4.79 Å². The SMILES string of the molecule is COc1ccc2oc(C(=O)NC[C@H]3CCS(=O)(=O)C3)c(C)c2c1. The number of sulfone groups is 1. The molecule has 1 aliphatic heterocycles. The lowest BCUT2D eigenvalue weighted by atomic mass is 10.1. The molecule has 1 fully saturated rings. The van der Waals surface area contributed by atoms with Crippen LogP contribution in [0.1, 0.15) is 22.5 Å². The van der Waals surface area contributed by atoms with Gasteiger partial charge in [0.25, 0.3) is 5.91 Å². The molecule has 6 nitrogen and oxygen atoms in total. The summed E-state index contributed by atoms with van der Waals surface area (Å²) in [5.41, 5.74) is 1.37. The molecule has 2 aromatic rings. The third-order valence-electron chi connectivity index (χ3n) is 4.23. The van der Waals surface area contributed by atoms with Crippen molar-refractivity contribution in [2.75, 3.05) is 25.2 Å². The fraction of sp³-hybridized carbons (Fsp3) is 0.438. The molecule has 1 N–H and O–H groups in total. The number of carbonyl (C=O) groups is 1. The lowest BCUT2D eigenvalue weighted by Gasteiger charge is -2.08. The van der Waals surface area contributed by atoms with Crippen LogP contribution < -0.4 is 10.1 Å². The first kappa shape index (κ1) is 15.9. The van der Waals surface area contributed by atoms with Crippen LogP contribution >= 0.6 is 0 Å². The minimum atomic E-state index is -2.93. The van der Waals surface area contributed by atoms with Crippen molar-refractivity contribution in [3.05, 3.63) is 29.5 Å². The summed E-state index contributed by atoms with van der Waals surface area (Å²) in [5, 5.41) is 3.61. The maximum Gasteiger partial charge on any atom is 0.287 e. The molecule has 1 aromatic carbocycles. The van der Waals surface area contributed by atoms with Crippen molar-refractivity contribution in [1.29, 1.82) is 0 Å². The Morgan fingerprint density at radius 2 is 2.22 bits per heavy atom. The molecule has 0 unspecified atom stereocenters. The van der Waals surface area contributed by atoms with Crippen molar-refractivity contribution in [3.63, 3.8) is 0 Å². The molecule has 0 spiro atoms. The average molecular weight is 337 g/mol. The van der Waals surface area contributed by atoms with Crippen LogP contribution in [0.5, 0.6) is 5.75 Å². The molecule has 1 aliphatic rings. The molecule has 7 heteroatoms. The molecule has 1 aromatic heterocycles. The van der Waals surface area contributed by atoms with E-state index in [-0.39, 0.29) is 29.1 Å². The van der Waals surface area contributed by atoms with Crippen molar-refractivity contribution < 1.29 is 22.4 Å². The summed E-state index contributed by atoms with van der Waals surface area (Å²) >= 11 is 0. The van der Waals surface area contributed by atoms with Gasteiger partial charge < -0.3 is 14.5 Å². The number of carbonyl (C=O) groups excluding carboxylic acids is 1. The van der Waals surface area contributed by atoms with Gasteiger partial charge in [0.05, 0.1) is 18.6 Å². The Hall–Kier alpha value is -2.02. The number of benzene rings is 1. The molecule has 1 amide bonds. The summed E-state index contributed by atoms with van der Waals surface area (Å²) < 4.78 is 33.7. The Morgan fingerprint density at radius 1 is 1.43 bits per heavy atom. The quantitative estimate of drug-likeness (QED) is 0.921. The largest absolute Gasteiger partial charge is 0.497 e. The maximum atomic E-state index is 12.3. The summed E-state index contributed by atoms with van der Waals surface area (Å²) in [6.07, 6.45) is 0.596. The van der Waals surface area contributed by atoms with E-state index in [1.165, 1.54) is 0 Å². The molecule has 2 heterocycles. The van der Waals surface area contributed by atoms with Crippen LogP contribution in [-0.2, 0) is 9.84 Å². The standard InChI is InChI=1S/C16H19NO5S/c1-10-13-7-12(21-2)3-4-14(13)22-15(10)16(18)17-8-11-5-6-23(19,20)9-11/h3-4,7,11H,5-6,8-9H2,1-2H3,(H,17,18)/t11-/m1/s1. The van der Waals surface area contributed by atoms with E-state index in [0.29, 0.717) is 24.3 Å². The second kappa shape index (κ2) is 5.88. The number of fused-ring (bicyclic) bond motifs is 1. The van der Waals surface area contributed by atoms with Gasteiger partial charge in [0.15, 0.2) is 15.6 Å². The van der Waals surface area contributed by atoms with Crippen LogP contribution in [0.2, 0.25) is 0 Å². The number of aryl methyl sites for hydroxylation is 1. The number of nitrogens with one attached hydrogen (secondary N) is 1. The highest BCUT2D eigenvalue weighted by Crippen LogP contribution is 2.28. The van der Waals surface area contributed by atoms with E-state index in [1.807, 2.05) is 13.0 Å². The van der Waals surface area contributed by atoms with E-state index in [0.717, 1.165) is 10.9 Å². The van der Waals surface area contributed by atoms with E-state index in [1.54, 1.807) is 19.2 Å². The second-order valence-electron chi connectivity index (χ2n) is 5.90. The minimum absolute atomic E-state index is 0.0197. The van der Waals surface area contributed by atoms with Crippen molar-refractivity contribution in [3.8, 4) is 5.75 Å². The van der Waals surface area contributed by atoms with Gasteiger partial charge in [0, 0.05) is 17.5 Å². The van der Waals surface area contributed by atoms with Crippen molar-refractivity contribution >= 4 is 26.7 Å². The Balaban J connectivity index is 1.75. The molecule has 0 bridgehead atoms. The normalized spacial score (nSPS) is 19.8. The summed E-state index contributed by atoms with van der Waals surface area (Å²) in [7, 11) is -1.35. The van der Waals surface area contributed by atoms with Crippen LogP contribution in [0.25, 0.3) is 11.0 Å². The molecular formula is C16H19NO5S. The van der Waals surface area contributed by atoms with Gasteiger partial charge in [-0.2, -0.15) is 0 Å². The summed E-state index contributed by atoms with van der Waals surface area (Å²) in [6.45, 7) is 2.16. The molecule has 23 heavy (non-hydrogen) atoms. The Morgan fingerprint density at radius 3 is 2.87 bits per heavy atom. The van der Waals surface area contributed by atoms with Crippen molar-refractivity contribution in [1.82, 2.24) is 5.32 Å². The van der Waals surface area contributed by atoms with Crippen LogP contribution in [0.4, 0.5) is 0 Å². The van der Waals surface area contributed by atoms with Gasteiger partial charge in [0.1, 0.15) is 11.3 Å². The molecule has 3 rings (SSSR count). The van der Waals surface area contributed by atoms with Gasteiger partial charge in [-0.1, -0.05) is 0 Å². The number of hydrogen-bond donors (Lipinski definition) is 1. The fourth-order valence-electron chi connectivity index (χ4n) is 2.89. The molecule has 0 saturated carbocycles. The minimum Gasteiger partial charge on any atom is -0.497 e. The van der Waals surface area contributed by atoms with Crippen LogP contribution in [0, 0.1) is 12.8 Å². The highest BCUT2D eigenvalue weighted by atomic mass is 32.2. The number of rotatable bonds is 4. The monoisotopic (exact) mass is 337 g/mol. The van der Waals surface area contributed by atoms with Gasteiger partial charge in [-0.25, -0.2) is 8.42 Å². The van der Waals surface area contributed by atoms with E-state index in [4.69, 9.17) is 9.15 Å². The first-order valence-corrected chi connectivity index (χ1v) is 9.27. The molecular weight excluding hydrogens is 318 g/mol. The van der Waals surface area contributed by atoms with E-state index >= 15 is 0 Å². The summed E-state index contributed by atoms with van der Waals surface area (Å²) in [4.78, 5) is 12.3. The molecule has 0 radical (unpaired) electrons. The number of hydrogen-bond acceptors (Lipinski definition) is 5. The molecule has 124 valence electrons. The predicted molar refractivity (Wildman–Crippen MR) is 86.6 cm³/mol. The zero-order valence-electron chi connectivity index (χ0n) is 13.1. The van der Waals surface area contributed by atoms with E-state index in [2.05, 4.69) is 5.32 Å². The average Bonchev–Trinajstić information content (AvgIpc) is 3.04. The molecule has 1 saturated heterocycles. The van der Waals surface area contributed by atoms with Crippen LogP contribution in [-0.4, -0.2) is 39.5 Å². The Bertz CT molecular complexity index is 853. The number of amides is 1. The molecule has 1 atom stereocenters. The maximum absolute atomic E-state index is 12.3. The smallest absolute Gasteiger partial charge is 0.287 e. The Labute approximate surface area is 134 Å². The lowest BCUT2D eigenvalue weighted by molar-refractivity contribution is 0.0922. The van der Waals surface area contributed by atoms with E-state index in [9.17, 15) is 13.2 Å². The first-order valence-electron chi connectivity index (χ1n) is 7.45. The number of furan rings is 1. The van der Waals surface area contributed by atoms with Crippen molar-refractivity contribution in [2.45, 2.75) is 13.3 Å². The lowest BCUT2D eigenvalue weighted by Crippen LogP contribution is -2.29. The number of methoxy groups -OCH3 is 1. The molecule has 0 aliphatic carbocycles. The van der Waals surface area contributed by atoms with Crippen LogP contribution in [0.15, 0.2) is 22.6 Å². The second-order valence-corrected chi connectivity index (χ2v) is 8.13. The topological polar surface area (TPSA) is 85.6 Å². The van der Waals surface area contributed by atoms with Gasteiger partial charge in [-0.05, 0) is 37.5 Å². The fourth-order valence-corrected chi connectivity index (χ4v) is 4.76. The zero-order valence-corrected chi connectivity index (χ0v) is 13.9. The summed E-state index contributed by atoms with van der Waals surface area (Å²) in [5.74, 6) is 0.968. The summed E-state index contributed by atoms with van der Waals surface area (Å²) in [6, 6.07) is 5.37. The first-order chi connectivity index (χ1) is 10.9. The number of ether oxygens (including phenoxy) is 1. The van der Waals surface area contributed by atoms with Crippen molar-refractivity contribution in [2.24, 2.45) is 5.92 Å². The van der Waals surface area contributed by atoms with Crippen LogP contribution in [0.3, 0.4) is 0 Å². The van der Waals surface area contributed by atoms with Gasteiger partial charge in [-0.15, -0.1) is 0 Å². The highest BCUT2D eigenvalue weighted by molar-refractivity contribution is 7.91.